The van der Waals surface area contributed by atoms with E-state index in [4.69, 9.17) is 0 Å². The molecule has 6 nitrogen and oxygen atoms in total. The van der Waals surface area contributed by atoms with Gasteiger partial charge in [-0.3, -0.25) is 9.69 Å². The lowest BCUT2D eigenvalue weighted by Gasteiger charge is -2.33. The molecule has 2 aromatic carbocycles. The Balaban J connectivity index is 1.65. The van der Waals surface area contributed by atoms with Crippen LogP contribution in [-0.4, -0.2) is 56.1 Å². The maximum atomic E-state index is 12.9. The van der Waals surface area contributed by atoms with Gasteiger partial charge >= 0.3 is 0 Å². The Morgan fingerprint density at radius 2 is 1.71 bits per heavy atom. The molecule has 0 unspecified atom stereocenters. The number of sulfonamides is 1. The predicted molar refractivity (Wildman–Crippen MR) is 107 cm³/mol. The van der Waals surface area contributed by atoms with Crippen molar-refractivity contribution in [1.82, 2.24) is 9.21 Å². The molecule has 1 aliphatic heterocycles. The van der Waals surface area contributed by atoms with Crippen molar-refractivity contribution in [3.05, 3.63) is 64.7 Å². The third-order valence-electron chi connectivity index (χ3n) is 5.15. The summed E-state index contributed by atoms with van der Waals surface area (Å²) in [6, 6.07) is 13.9. The van der Waals surface area contributed by atoms with Crippen molar-refractivity contribution < 1.29 is 13.2 Å². The standard InChI is InChI=1S/C21H23N3O3S/c1-16-7-8-18(13-17(16)2)20(25)15-23-9-11-24(12-10-23)28(26,27)21-6-4-3-5-19(21)14-22/h3-8,13H,9-12,15H2,1-2H3. The molecule has 146 valence electrons. The summed E-state index contributed by atoms with van der Waals surface area (Å²) >= 11 is 0. The first-order chi connectivity index (χ1) is 13.3. The van der Waals surface area contributed by atoms with Crippen molar-refractivity contribution in [2.24, 2.45) is 0 Å². The highest BCUT2D eigenvalue weighted by atomic mass is 32.2. The monoisotopic (exact) mass is 397 g/mol. The van der Waals surface area contributed by atoms with Crippen LogP contribution < -0.4 is 0 Å². The van der Waals surface area contributed by atoms with E-state index in [2.05, 4.69) is 0 Å². The first-order valence-electron chi connectivity index (χ1n) is 9.15. The quantitative estimate of drug-likeness (QED) is 0.724. The zero-order chi connectivity index (χ0) is 20.3. The van der Waals surface area contributed by atoms with Crippen LogP contribution in [0, 0.1) is 25.2 Å². The minimum atomic E-state index is -3.72. The minimum Gasteiger partial charge on any atom is -0.293 e. The van der Waals surface area contributed by atoms with E-state index < -0.39 is 10.0 Å². The van der Waals surface area contributed by atoms with Crippen molar-refractivity contribution in [3.63, 3.8) is 0 Å². The number of carbonyl (C=O) groups is 1. The molecule has 0 spiro atoms. The van der Waals surface area contributed by atoms with Gasteiger partial charge < -0.3 is 0 Å². The van der Waals surface area contributed by atoms with Gasteiger partial charge in [0.1, 0.15) is 6.07 Å². The molecule has 0 bridgehead atoms. The van der Waals surface area contributed by atoms with E-state index in [0.29, 0.717) is 31.7 Å². The number of ketones is 1. The van der Waals surface area contributed by atoms with Crippen LogP contribution in [0.3, 0.4) is 0 Å². The Bertz CT molecular complexity index is 1030. The zero-order valence-corrected chi connectivity index (χ0v) is 16.9. The second-order valence-corrected chi connectivity index (χ2v) is 8.92. The number of nitrogens with zero attached hydrogens (tertiary/aromatic N) is 3. The van der Waals surface area contributed by atoms with Crippen molar-refractivity contribution in [3.8, 4) is 6.07 Å². The number of carbonyl (C=O) groups excluding carboxylic acids is 1. The van der Waals surface area contributed by atoms with Crippen molar-refractivity contribution in [1.29, 1.82) is 5.26 Å². The molecule has 3 rings (SSSR count). The molecule has 1 saturated heterocycles. The summed E-state index contributed by atoms with van der Waals surface area (Å²) < 4.78 is 27.1. The lowest BCUT2D eigenvalue weighted by Crippen LogP contribution is -2.49. The maximum absolute atomic E-state index is 12.9. The highest BCUT2D eigenvalue weighted by Crippen LogP contribution is 2.21. The molecular weight excluding hydrogens is 374 g/mol. The van der Waals surface area contributed by atoms with Gasteiger partial charge in [-0.25, -0.2) is 8.42 Å². The summed E-state index contributed by atoms with van der Waals surface area (Å²) in [7, 11) is -3.72. The Morgan fingerprint density at radius 3 is 2.36 bits per heavy atom. The van der Waals surface area contributed by atoms with Gasteiger partial charge in [0.2, 0.25) is 10.0 Å². The van der Waals surface area contributed by atoms with E-state index in [1.807, 2.05) is 43.0 Å². The first-order valence-corrected chi connectivity index (χ1v) is 10.6. The Morgan fingerprint density at radius 1 is 1.04 bits per heavy atom. The molecule has 0 atom stereocenters. The second kappa shape index (κ2) is 8.23. The van der Waals surface area contributed by atoms with Crippen LogP contribution in [0.4, 0.5) is 0 Å². The molecule has 1 heterocycles. The number of aryl methyl sites for hydroxylation is 2. The predicted octanol–water partition coefficient (Wildman–Crippen LogP) is 2.36. The van der Waals surface area contributed by atoms with Gasteiger partial charge in [0.05, 0.1) is 17.0 Å². The molecule has 7 heteroatoms. The molecule has 0 N–H and O–H groups in total. The van der Waals surface area contributed by atoms with E-state index in [-0.39, 0.29) is 22.8 Å². The SMILES string of the molecule is Cc1ccc(C(=O)CN2CCN(S(=O)(=O)c3ccccc3C#N)CC2)cc1C. The maximum Gasteiger partial charge on any atom is 0.244 e. The highest BCUT2D eigenvalue weighted by molar-refractivity contribution is 7.89. The van der Waals surface area contributed by atoms with Gasteiger partial charge in [-0.1, -0.05) is 24.3 Å². The topological polar surface area (TPSA) is 81.5 Å². The van der Waals surface area contributed by atoms with E-state index in [1.54, 1.807) is 12.1 Å². The molecule has 0 amide bonds. The van der Waals surface area contributed by atoms with Crippen LogP contribution in [0.2, 0.25) is 0 Å². The Labute approximate surface area is 166 Å². The summed E-state index contributed by atoms with van der Waals surface area (Å²) in [5, 5.41) is 9.19. The average Bonchev–Trinajstić information content (AvgIpc) is 2.70. The molecule has 0 aliphatic carbocycles. The fourth-order valence-corrected chi connectivity index (χ4v) is 4.82. The van der Waals surface area contributed by atoms with Crippen molar-refractivity contribution >= 4 is 15.8 Å². The summed E-state index contributed by atoms with van der Waals surface area (Å²) in [5.41, 5.74) is 3.06. The molecule has 2 aromatic rings. The smallest absolute Gasteiger partial charge is 0.244 e. The Hall–Kier alpha value is -2.53. The summed E-state index contributed by atoms with van der Waals surface area (Å²) in [4.78, 5) is 14.6. The largest absolute Gasteiger partial charge is 0.293 e. The number of nitriles is 1. The molecule has 0 radical (unpaired) electrons. The van der Waals surface area contributed by atoms with E-state index in [1.165, 1.54) is 16.4 Å². The number of piperazine rings is 1. The van der Waals surface area contributed by atoms with Crippen LogP contribution in [0.1, 0.15) is 27.0 Å². The fourth-order valence-electron chi connectivity index (χ4n) is 3.26. The van der Waals surface area contributed by atoms with Gasteiger partial charge in [-0.05, 0) is 43.2 Å². The molecule has 0 saturated carbocycles. The number of benzene rings is 2. The van der Waals surface area contributed by atoms with Crippen LogP contribution >= 0.6 is 0 Å². The number of Topliss-reactive ketones (excluding diaryl/α,β-unsaturated/α-hetero) is 1. The summed E-state index contributed by atoms with van der Waals surface area (Å²) in [6.45, 7) is 5.80. The molecular formula is C21H23N3O3S. The highest BCUT2D eigenvalue weighted by Gasteiger charge is 2.30. The number of hydrogen-bond donors (Lipinski definition) is 0. The summed E-state index contributed by atoms with van der Waals surface area (Å²) in [6.07, 6.45) is 0. The van der Waals surface area contributed by atoms with Gasteiger partial charge in [0.25, 0.3) is 0 Å². The van der Waals surface area contributed by atoms with Gasteiger partial charge in [0.15, 0.2) is 5.78 Å². The molecule has 1 aliphatic rings. The molecule has 28 heavy (non-hydrogen) atoms. The van der Waals surface area contributed by atoms with Crippen LogP contribution in [-0.2, 0) is 10.0 Å². The van der Waals surface area contributed by atoms with E-state index >= 15 is 0 Å². The van der Waals surface area contributed by atoms with Crippen LogP contribution in [0.15, 0.2) is 47.4 Å². The van der Waals surface area contributed by atoms with Gasteiger partial charge in [-0.15, -0.1) is 0 Å². The van der Waals surface area contributed by atoms with Gasteiger partial charge in [-0.2, -0.15) is 9.57 Å². The van der Waals surface area contributed by atoms with E-state index in [0.717, 1.165) is 11.1 Å². The third kappa shape index (κ3) is 4.14. The zero-order valence-electron chi connectivity index (χ0n) is 16.1. The molecule has 0 aromatic heterocycles. The normalized spacial score (nSPS) is 15.9. The van der Waals surface area contributed by atoms with Crippen molar-refractivity contribution in [2.75, 3.05) is 32.7 Å². The van der Waals surface area contributed by atoms with E-state index in [9.17, 15) is 18.5 Å². The lowest BCUT2D eigenvalue weighted by atomic mass is 10.0. The minimum absolute atomic E-state index is 0.0363. The third-order valence-corrected chi connectivity index (χ3v) is 7.11. The average molecular weight is 398 g/mol. The van der Waals surface area contributed by atoms with Crippen LogP contribution in [0.25, 0.3) is 0 Å². The second-order valence-electron chi connectivity index (χ2n) is 7.01. The fraction of sp³-hybridized carbons (Fsp3) is 0.333. The Kier molecular flexibility index (Phi) is 5.94. The number of hydrogen-bond acceptors (Lipinski definition) is 5. The van der Waals surface area contributed by atoms with Crippen molar-refractivity contribution in [2.45, 2.75) is 18.7 Å². The number of rotatable bonds is 5. The van der Waals surface area contributed by atoms with Gasteiger partial charge in [0, 0.05) is 31.7 Å². The van der Waals surface area contributed by atoms with Crippen LogP contribution in [0.5, 0.6) is 0 Å². The lowest BCUT2D eigenvalue weighted by molar-refractivity contribution is 0.0901. The summed E-state index contributed by atoms with van der Waals surface area (Å²) in [5.74, 6) is 0.0363. The first kappa shape index (κ1) is 20.2. The molecule has 1 fully saturated rings.